The molecular formula is C25H35ClN2O3. The van der Waals surface area contributed by atoms with Crippen LogP contribution in [0.2, 0.25) is 5.02 Å². The van der Waals surface area contributed by atoms with Crippen molar-refractivity contribution in [2.75, 3.05) is 0 Å². The Hall–Kier alpha value is -2.01. The van der Waals surface area contributed by atoms with Crippen LogP contribution in [-0.2, 0) is 16.8 Å². The number of carboxylic acid groups (broad SMARTS) is 1. The minimum absolute atomic E-state index is 0.0669. The second-order valence-corrected chi connectivity index (χ2v) is 11.1. The third-order valence-electron chi connectivity index (χ3n) is 6.70. The fraction of sp³-hybridized carbons (Fsp3) is 0.600. The number of nitrogens with zero attached hydrogens (tertiary/aromatic N) is 1. The van der Waals surface area contributed by atoms with Gasteiger partial charge >= 0.3 is 12.0 Å². The highest BCUT2D eigenvalue weighted by Gasteiger charge is 2.45. The Balaban J connectivity index is 1.88. The molecule has 3 rings (SSSR count). The Kier molecular flexibility index (Phi) is 6.48. The van der Waals surface area contributed by atoms with Crippen molar-refractivity contribution in [1.82, 2.24) is 10.2 Å². The number of halogens is 1. The first-order chi connectivity index (χ1) is 14.3. The summed E-state index contributed by atoms with van der Waals surface area (Å²) in [7, 11) is 0. The molecule has 0 radical (unpaired) electrons. The molecular weight excluding hydrogens is 412 g/mol. The molecule has 6 heteroatoms. The quantitative estimate of drug-likeness (QED) is 0.566. The number of carbonyl (C=O) groups is 2. The van der Waals surface area contributed by atoms with Gasteiger partial charge in [0, 0.05) is 17.3 Å². The van der Waals surface area contributed by atoms with Gasteiger partial charge in [-0.05, 0) is 66.7 Å². The molecule has 1 aliphatic carbocycles. The lowest BCUT2D eigenvalue weighted by atomic mass is 9.76. The van der Waals surface area contributed by atoms with E-state index in [-0.39, 0.29) is 29.3 Å². The molecule has 1 heterocycles. The van der Waals surface area contributed by atoms with Gasteiger partial charge in [-0.1, -0.05) is 58.4 Å². The van der Waals surface area contributed by atoms with Gasteiger partial charge in [0.2, 0.25) is 0 Å². The summed E-state index contributed by atoms with van der Waals surface area (Å²) in [4.78, 5) is 25.9. The number of carbonyl (C=O) groups excluding carboxylic acids is 1. The van der Waals surface area contributed by atoms with E-state index in [9.17, 15) is 14.7 Å². The first kappa shape index (κ1) is 23.6. The number of hydrogen-bond donors (Lipinski definition) is 2. The Morgan fingerprint density at radius 1 is 1.32 bits per heavy atom. The lowest BCUT2D eigenvalue weighted by Gasteiger charge is -2.47. The van der Waals surface area contributed by atoms with E-state index in [4.69, 9.17) is 11.6 Å². The summed E-state index contributed by atoms with van der Waals surface area (Å²) in [6.07, 6.45) is 4.89. The van der Waals surface area contributed by atoms with Gasteiger partial charge in [-0.2, -0.15) is 0 Å². The van der Waals surface area contributed by atoms with Crippen LogP contribution >= 0.6 is 11.6 Å². The third-order valence-corrected chi connectivity index (χ3v) is 7.05. The fourth-order valence-corrected chi connectivity index (χ4v) is 4.79. The van der Waals surface area contributed by atoms with Crippen molar-refractivity contribution in [2.24, 2.45) is 17.3 Å². The van der Waals surface area contributed by atoms with Crippen molar-refractivity contribution in [3.63, 3.8) is 0 Å². The largest absolute Gasteiger partial charge is 0.481 e. The van der Waals surface area contributed by atoms with Gasteiger partial charge in [0.15, 0.2) is 0 Å². The predicted molar refractivity (Wildman–Crippen MR) is 124 cm³/mol. The fourth-order valence-electron chi connectivity index (χ4n) is 4.51. The molecule has 1 aromatic rings. The van der Waals surface area contributed by atoms with Crippen molar-refractivity contribution in [3.8, 4) is 0 Å². The molecule has 0 saturated heterocycles. The van der Waals surface area contributed by atoms with Gasteiger partial charge in [-0.25, -0.2) is 4.79 Å². The summed E-state index contributed by atoms with van der Waals surface area (Å²) in [5.74, 6) is -0.947. The van der Waals surface area contributed by atoms with Gasteiger partial charge in [0.25, 0.3) is 0 Å². The normalized spacial score (nSPS) is 26.4. The van der Waals surface area contributed by atoms with E-state index < -0.39 is 11.5 Å². The summed E-state index contributed by atoms with van der Waals surface area (Å²) >= 11 is 6.66. The van der Waals surface area contributed by atoms with Crippen LogP contribution in [0.1, 0.15) is 71.9 Å². The summed E-state index contributed by atoms with van der Waals surface area (Å²) in [5.41, 5.74) is 2.75. The van der Waals surface area contributed by atoms with E-state index in [1.54, 1.807) is 4.90 Å². The lowest BCUT2D eigenvalue weighted by Crippen LogP contribution is -2.59. The number of urea groups is 1. The molecule has 31 heavy (non-hydrogen) atoms. The maximum absolute atomic E-state index is 13.0. The Morgan fingerprint density at radius 2 is 1.97 bits per heavy atom. The smallest absolute Gasteiger partial charge is 0.322 e. The number of carboxylic acids is 1. The molecule has 0 aromatic heterocycles. The van der Waals surface area contributed by atoms with E-state index >= 15 is 0 Å². The van der Waals surface area contributed by atoms with Crippen molar-refractivity contribution in [1.29, 1.82) is 0 Å². The molecule has 1 aromatic carbocycles. The van der Waals surface area contributed by atoms with Crippen LogP contribution in [0.5, 0.6) is 0 Å². The van der Waals surface area contributed by atoms with Crippen molar-refractivity contribution in [3.05, 3.63) is 46.1 Å². The molecule has 5 nitrogen and oxygen atoms in total. The van der Waals surface area contributed by atoms with Crippen LogP contribution in [0.3, 0.4) is 0 Å². The summed E-state index contributed by atoms with van der Waals surface area (Å²) in [6, 6.07) is 5.88. The lowest BCUT2D eigenvalue weighted by molar-refractivity contribution is -0.146. The molecule has 2 amide bonds. The van der Waals surface area contributed by atoms with E-state index in [1.165, 1.54) is 0 Å². The number of hydrogen-bond acceptors (Lipinski definition) is 2. The van der Waals surface area contributed by atoms with Gasteiger partial charge in [0.1, 0.15) is 0 Å². The number of rotatable bonds is 6. The van der Waals surface area contributed by atoms with E-state index in [0.717, 1.165) is 34.6 Å². The molecule has 2 N–H and O–H groups in total. The number of aryl methyl sites for hydroxylation is 1. The van der Waals surface area contributed by atoms with Crippen LogP contribution in [0.25, 0.3) is 0 Å². The Bertz CT molecular complexity index is 897. The third kappa shape index (κ3) is 4.92. The molecule has 1 atom stereocenters. The summed E-state index contributed by atoms with van der Waals surface area (Å²) in [5, 5.41) is 13.1. The maximum atomic E-state index is 13.0. The first-order valence-electron chi connectivity index (χ1n) is 11.2. The van der Waals surface area contributed by atoms with Crippen molar-refractivity contribution < 1.29 is 14.7 Å². The maximum Gasteiger partial charge on any atom is 0.322 e. The predicted octanol–water partition coefficient (Wildman–Crippen LogP) is 5.96. The molecule has 2 aliphatic rings. The summed E-state index contributed by atoms with van der Waals surface area (Å²) < 4.78 is 0. The van der Waals surface area contributed by atoms with Crippen LogP contribution in [0, 0.1) is 17.3 Å². The highest BCUT2D eigenvalue weighted by atomic mass is 35.5. The molecule has 1 aliphatic heterocycles. The second kappa shape index (κ2) is 8.50. The number of amides is 2. The SMILES string of the molecule is CC(C)C1=CN(C2CC(C(=O)O)C2)C(=O)N[C@]1(C)c1ccc(CCC(C)(C)C)c(Cl)c1. The Morgan fingerprint density at radius 3 is 2.48 bits per heavy atom. The highest BCUT2D eigenvalue weighted by Crippen LogP contribution is 2.41. The topological polar surface area (TPSA) is 69.6 Å². The minimum atomic E-state index is -0.784. The molecule has 1 fully saturated rings. The zero-order valence-electron chi connectivity index (χ0n) is 19.5. The summed E-state index contributed by atoms with van der Waals surface area (Å²) in [6.45, 7) is 12.9. The van der Waals surface area contributed by atoms with Crippen LogP contribution < -0.4 is 5.32 Å². The number of nitrogens with one attached hydrogen (secondary N) is 1. The molecule has 0 spiro atoms. The van der Waals surface area contributed by atoms with Crippen LogP contribution in [0.4, 0.5) is 4.79 Å². The highest BCUT2D eigenvalue weighted by molar-refractivity contribution is 6.31. The van der Waals surface area contributed by atoms with Crippen molar-refractivity contribution in [2.45, 2.75) is 78.8 Å². The monoisotopic (exact) mass is 446 g/mol. The molecule has 1 saturated carbocycles. The van der Waals surface area contributed by atoms with Crippen LogP contribution in [-0.4, -0.2) is 28.0 Å². The average Bonchev–Trinajstić information content (AvgIpc) is 2.59. The molecule has 170 valence electrons. The molecule has 0 bridgehead atoms. The average molecular weight is 447 g/mol. The van der Waals surface area contributed by atoms with Gasteiger partial charge in [-0.15, -0.1) is 0 Å². The van der Waals surface area contributed by atoms with Crippen molar-refractivity contribution >= 4 is 23.6 Å². The van der Waals surface area contributed by atoms with Gasteiger partial charge in [0.05, 0.1) is 11.5 Å². The van der Waals surface area contributed by atoms with E-state index in [1.807, 2.05) is 19.2 Å². The Labute approximate surface area is 190 Å². The second-order valence-electron chi connectivity index (χ2n) is 10.7. The number of benzene rings is 1. The van der Waals surface area contributed by atoms with E-state index in [0.29, 0.717) is 12.8 Å². The van der Waals surface area contributed by atoms with Crippen LogP contribution in [0.15, 0.2) is 30.0 Å². The van der Waals surface area contributed by atoms with Gasteiger partial charge in [-0.3, -0.25) is 9.69 Å². The zero-order chi connectivity index (χ0) is 23.1. The first-order valence-corrected chi connectivity index (χ1v) is 11.5. The molecule has 0 unspecified atom stereocenters. The minimum Gasteiger partial charge on any atom is -0.481 e. The number of aliphatic carboxylic acids is 1. The van der Waals surface area contributed by atoms with E-state index in [2.05, 4.69) is 52.1 Å². The zero-order valence-corrected chi connectivity index (χ0v) is 20.2. The standard InChI is InChI=1S/C25H35ClN2O3/c1-15(2)20-14-28(19-11-17(12-19)22(29)30)23(31)27-25(20,6)18-8-7-16(21(26)13-18)9-10-24(3,4)5/h7-8,13-15,17,19H,9-12H2,1-6H3,(H,27,31)(H,29,30)/t17?,19?,25-/m1/s1. The van der Waals surface area contributed by atoms with Gasteiger partial charge < -0.3 is 10.4 Å².